The molecular formula is C30H41F3O4. The van der Waals surface area contributed by atoms with Gasteiger partial charge >= 0.3 is 12.1 Å². The smallest absolute Gasteiger partial charge is 0.432 e. The van der Waals surface area contributed by atoms with E-state index in [0.717, 1.165) is 26.4 Å². The zero-order chi connectivity index (χ0) is 27.2. The van der Waals surface area contributed by atoms with Crippen LogP contribution in [-0.4, -0.2) is 36.6 Å². The first-order valence-electron chi connectivity index (χ1n) is 13.7. The molecule has 0 unspecified atom stereocenters. The normalized spacial score (nSPS) is 44.4. The van der Waals surface area contributed by atoms with Crippen molar-refractivity contribution in [2.24, 2.45) is 45.8 Å². The Morgan fingerprint density at radius 2 is 1.68 bits per heavy atom. The summed E-state index contributed by atoms with van der Waals surface area (Å²) < 4.78 is 54.4. The predicted octanol–water partition coefficient (Wildman–Crippen LogP) is 6.51. The van der Waals surface area contributed by atoms with Crippen LogP contribution in [-0.2, 0) is 19.9 Å². The highest BCUT2D eigenvalue weighted by atomic mass is 19.4. The van der Waals surface area contributed by atoms with Gasteiger partial charge in [0.05, 0.1) is 6.10 Å². The topological polar surface area (TPSA) is 55.8 Å². The molecule has 7 heteroatoms. The summed E-state index contributed by atoms with van der Waals surface area (Å²) in [5.74, 6) is 0.594. The first kappa shape index (κ1) is 27.0. The number of carbonyl (C=O) groups excluding carboxylic acids is 1. The van der Waals surface area contributed by atoms with Crippen LogP contribution in [0.25, 0.3) is 0 Å². The maximum atomic E-state index is 14.5. The van der Waals surface area contributed by atoms with Gasteiger partial charge in [-0.05, 0) is 72.5 Å². The molecule has 206 valence electrons. The van der Waals surface area contributed by atoms with E-state index in [0.29, 0.717) is 36.5 Å². The Balaban J connectivity index is 1.48. The molecule has 0 aromatic heterocycles. The van der Waals surface area contributed by atoms with E-state index in [1.54, 1.807) is 6.07 Å². The molecule has 0 amide bonds. The summed E-state index contributed by atoms with van der Waals surface area (Å²) in [6.45, 7) is 11.0. The van der Waals surface area contributed by atoms with Crippen molar-refractivity contribution in [2.45, 2.75) is 90.7 Å². The van der Waals surface area contributed by atoms with Crippen LogP contribution in [0, 0.1) is 45.8 Å². The molecule has 0 bridgehead atoms. The van der Waals surface area contributed by atoms with Gasteiger partial charge in [-0.25, -0.2) is 4.79 Å². The van der Waals surface area contributed by atoms with Crippen LogP contribution in [0.5, 0.6) is 0 Å². The van der Waals surface area contributed by atoms with Crippen molar-refractivity contribution in [1.29, 1.82) is 0 Å². The Hall–Kier alpha value is -1.60. The Bertz CT molecular complexity index is 1040. The number of aliphatic hydroxyl groups excluding tert-OH is 1. The lowest BCUT2D eigenvalue weighted by Gasteiger charge is -2.60. The molecule has 5 rings (SSSR count). The number of alkyl halides is 3. The fourth-order valence-corrected chi connectivity index (χ4v) is 9.08. The van der Waals surface area contributed by atoms with E-state index in [1.807, 2.05) is 0 Å². The second kappa shape index (κ2) is 8.45. The lowest BCUT2D eigenvalue weighted by Crippen LogP contribution is -2.59. The summed E-state index contributed by atoms with van der Waals surface area (Å²) in [4.78, 5) is 13.5. The molecule has 4 fully saturated rings. The van der Waals surface area contributed by atoms with Crippen molar-refractivity contribution in [3.63, 3.8) is 0 Å². The summed E-state index contributed by atoms with van der Waals surface area (Å²) in [5, 5.41) is 11.4. The molecule has 0 aliphatic heterocycles. The molecule has 4 aliphatic rings. The first-order chi connectivity index (χ1) is 17.2. The first-order valence-corrected chi connectivity index (χ1v) is 13.7. The highest BCUT2D eigenvalue weighted by Crippen LogP contribution is 2.77. The van der Waals surface area contributed by atoms with Crippen LogP contribution in [0.4, 0.5) is 13.2 Å². The van der Waals surface area contributed by atoms with Crippen LogP contribution in [0.15, 0.2) is 30.3 Å². The van der Waals surface area contributed by atoms with Gasteiger partial charge in [-0.2, -0.15) is 13.2 Å². The van der Waals surface area contributed by atoms with Gasteiger partial charge in [0, 0.05) is 18.1 Å². The average molecular weight is 523 g/mol. The minimum Gasteiger partial charge on any atom is -0.459 e. The number of fused-ring (bicyclic) bond motifs is 5. The minimum atomic E-state index is -5.00. The Labute approximate surface area is 218 Å². The fourth-order valence-electron chi connectivity index (χ4n) is 9.08. The third-order valence-electron chi connectivity index (χ3n) is 11.3. The molecule has 4 saturated carbocycles. The second-order valence-corrected chi connectivity index (χ2v) is 13.5. The number of hydrogen-bond acceptors (Lipinski definition) is 4. The van der Waals surface area contributed by atoms with Crippen LogP contribution in [0.1, 0.15) is 72.3 Å². The maximum absolute atomic E-state index is 14.5. The van der Waals surface area contributed by atoms with E-state index >= 15 is 0 Å². The number of hydrogen-bond donors (Lipinski definition) is 1. The summed E-state index contributed by atoms with van der Waals surface area (Å²) in [6, 6.07) is 7.02. The number of benzene rings is 1. The average Bonchev–Trinajstić information content (AvgIpc) is 3.36. The van der Waals surface area contributed by atoms with Crippen LogP contribution >= 0.6 is 0 Å². The third kappa shape index (κ3) is 3.65. The van der Waals surface area contributed by atoms with Gasteiger partial charge < -0.3 is 14.6 Å². The van der Waals surface area contributed by atoms with E-state index in [1.165, 1.54) is 24.3 Å². The lowest BCUT2D eigenvalue weighted by molar-refractivity contribution is -0.281. The second-order valence-electron chi connectivity index (χ2n) is 13.5. The van der Waals surface area contributed by atoms with Crippen LogP contribution in [0.3, 0.4) is 0 Å². The highest BCUT2D eigenvalue weighted by Gasteiger charge is 2.75. The molecule has 1 N–H and O–H groups in total. The van der Waals surface area contributed by atoms with E-state index in [4.69, 9.17) is 9.47 Å². The standard InChI is InChI=1S/C30H41F3O4/c1-17(2)19-12-13-27(4)21(34)15-26(3)16-22(28(5)14-20(28)24(26)23(19)27)37-25(35)29(36-6,30(31,32)33)18-10-8-7-9-11-18/h7-11,17,19-24,34H,12-16H2,1-6H3/t19-,20-,21-,22+,23+,24+,26-,27+,28-,29+/m0/s1. The molecule has 37 heavy (non-hydrogen) atoms. The van der Waals surface area contributed by atoms with Crippen LogP contribution < -0.4 is 0 Å². The summed E-state index contributed by atoms with van der Waals surface area (Å²) >= 11 is 0. The zero-order valence-corrected chi connectivity index (χ0v) is 22.8. The van der Waals surface area contributed by atoms with Gasteiger partial charge in [0.15, 0.2) is 0 Å². The van der Waals surface area contributed by atoms with Gasteiger partial charge in [0.25, 0.3) is 5.60 Å². The summed E-state index contributed by atoms with van der Waals surface area (Å²) in [7, 11) is 0.909. The van der Waals surface area contributed by atoms with Crippen molar-refractivity contribution in [2.75, 3.05) is 7.11 Å². The molecule has 1 aromatic rings. The van der Waals surface area contributed by atoms with Gasteiger partial charge in [0.2, 0.25) is 0 Å². The van der Waals surface area contributed by atoms with Gasteiger partial charge in [0.1, 0.15) is 6.10 Å². The molecule has 4 aliphatic carbocycles. The predicted molar refractivity (Wildman–Crippen MR) is 133 cm³/mol. The number of esters is 1. The molecule has 0 heterocycles. The summed E-state index contributed by atoms with van der Waals surface area (Å²) in [6.07, 6.45) is -2.15. The number of rotatable bonds is 5. The van der Waals surface area contributed by atoms with Gasteiger partial charge in [-0.15, -0.1) is 0 Å². The molecule has 0 radical (unpaired) electrons. The Morgan fingerprint density at radius 1 is 1.03 bits per heavy atom. The minimum absolute atomic E-state index is 0.138. The summed E-state index contributed by atoms with van der Waals surface area (Å²) in [5.41, 5.74) is -4.29. The van der Waals surface area contributed by atoms with Crippen molar-refractivity contribution >= 4 is 5.97 Å². The van der Waals surface area contributed by atoms with Crippen molar-refractivity contribution < 1.29 is 32.5 Å². The van der Waals surface area contributed by atoms with E-state index in [2.05, 4.69) is 34.6 Å². The fraction of sp³-hybridized carbons (Fsp3) is 0.767. The van der Waals surface area contributed by atoms with E-state index in [9.17, 15) is 23.1 Å². The monoisotopic (exact) mass is 522 g/mol. The van der Waals surface area contributed by atoms with E-state index in [-0.39, 0.29) is 27.7 Å². The van der Waals surface area contributed by atoms with Crippen molar-refractivity contribution in [3.8, 4) is 0 Å². The van der Waals surface area contributed by atoms with Crippen molar-refractivity contribution in [1.82, 2.24) is 0 Å². The number of methoxy groups -OCH3 is 1. The van der Waals surface area contributed by atoms with Gasteiger partial charge in [-0.3, -0.25) is 0 Å². The molecule has 10 atom stereocenters. The number of ether oxygens (including phenoxy) is 2. The SMILES string of the molecule is CO[C@@](C(=O)O[C@@H]1C[C@]2(C)C[C@H](O)[C@@]3(C)CC[C@@H](C(C)C)[C@@H]3[C@H]2[C@@H]2C[C@]12C)(c1ccccc1)C(F)(F)F. The Morgan fingerprint density at radius 3 is 2.24 bits per heavy atom. The van der Waals surface area contributed by atoms with E-state index < -0.39 is 30.0 Å². The quantitative estimate of drug-likeness (QED) is 0.448. The molecule has 4 nitrogen and oxygen atoms in total. The Kier molecular flexibility index (Phi) is 6.16. The number of halogens is 3. The largest absolute Gasteiger partial charge is 0.459 e. The van der Waals surface area contributed by atoms with Gasteiger partial charge in [-0.1, -0.05) is 65.0 Å². The van der Waals surface area contributed by atoms with Crippen LogP contribution in [0.2, 0.25) is 0 Å². The zero-order valence-electron chi connectivity index (χ0n) is 22.8. The highest BCUT2D eigenvalue weighted by molar-refractivity contribution is 5.83. The third-order valence-corrected chi connectivity index (χ3v) is 11.3. The molecule has 0 spiro atoms. The van der Waals surface area contributed by atoms with Crippen molar-refractivity contribution in [3.05, 3.63) is 35.9 Å². The molecule has 1 aromatic carbocycles. The number of carbonyl (C=O) groups is 1. The number of aliphatic hydroxyl groups is 1. The lowest BCUT2D eigenvalue weighted by atomic mass is 9.46. The molecule has 0 saturated heterocycles. The maximum Gasteiger partial charge on any atom is 0.432 e. The molecular weight excluding hydrogens is 481 g/mol.